The Morgan fingerprint density at radius 3 is 2.88 bits per heavy atom. The smallest absolute Gasteiger partial charge is 0.157 e. The Kier molecular flexibility index (Phi) is 5.60. The van der Waals surface area contributed by atoms with E-state index in [9.17, 15) is 5.11 Å². The zero-order valence-corrected chi connectivity index (χ0v) is 18.5. The van der Waals surface area contributed by atoms with Gasteiger partial charge in [-0.05, 0) is 43.9 Å². The number of likely N-dealkylation sites (tertiary alicyclic amines) is 1. The fourth-order valence-corrected chi connectivity index (χ4v) is 5.03. The number of hydrogen-bond donors (Lipinski definition) is 2. The maximum Gasteiger partial charge on any atom is 0.157 e. The fraction of sp³-hybridized carbons (Fsp3) is 0.440. The lowest BCUT2D eigenvalue weighted by molar-refractivity contribution is -0.0456. The Morgan fingerprint density at radius 2 is 2.09 bits per heavy atom. The summed E-state index contributed by atoms with van der Waals surface area (Å²) in [6, 6.07) is 9.89. The molecule has 1 aromatic carbocycles. The quantitative estimate of drug-likeness (QED) is 0.620. The highest BCUT2D eigenvalue weighted by molar-refractivity contribution is 5.54. The largest absolute Gasteiger partial charge is 0.374 e. The second kappa shape index (κ2) is 8.55. The Hall–Kier alpha value is -2.92. The average molecular weight is 431 g/mol. The lowest BCUT2D eigenvalue weighted by Crippen LogP contribution is -2.37. The van der Waals surface area contributed by atoms with Crippen LogP contribution in [0.4, 0.5) is 5.82 Å². The summed E-state index contributed by atoms with van der Waals surface area (Å²) in [4.78, 5) is 9.32. The van der Waals surface area contributed by atoms with Crippen molar-refractivity contribution in [1.29, 1.82) is 0 Å². The van der Waals surface area contributed by atoms with Crippen molar-refractivity contribution in [1.82, 2.24) is 19.5 Å². The number of aliphatic hydroxyl groups excluding tert-OH is 1. The molecule has 1 unspecified atom stereocenters. The van der Waals surface area contributed by atoms with E-state index in [-0.39, 0.29) is 12.1 Å². The lowest BCUT2D eigenvalue weighted by Gasteiger charge is -2.38. The molecule has 5 rings (SSSR count). The Labute approximate surface area is 188 Å². The minimum atomic E-state index is -0.727. The molecule has 4 heterocycles. The summed E-state index contributed by atoms with van der Waals surface area (Å²) in [5.41, 5.74) is 10.6. The molecule has 3 aromatic rings. The molecule has 2 aliphatic rings. The van der Waals surface area contributed by atoms with E-state index >= 15 is 0 Å². The van der Waals surface area contributed by atoms with Crippen molar-refractivity contribution in [3.8, 4) is 12.3 Å². The molecule has 7 nitrogen and oxygen atoms in total. The minimum Gasteiger partial charge on any atom is -0.374 e. The standard InChI is InChI=1S/C25H30N6O/c1-3-18-7-6-8-19(13-18)25(32)30-11-5-4-9-22(30)21-14-23-27-24(17(2)15-31(23)28-21)29-12-10-20(26)16-29/h1,6-8,13-15,20,22,25,32H,4-5,9-12,16,26H2,2H3/t20-,22-,25?/m0/s1. The molecule has 0 radical (unpaired) electrons. The van der Waals surface area contributed by atoms with Crippen molar-refractivity contribution >= 4 is 11.5 Å². The van der Waals surface area contributed by atoms with Crippen LogP contribution in [-0.4, -0.2) is 50.3 Å². The molecule has 0 aliphatic carbocycles. The number of terminal acetylenes is 1. The molecule has 2 fully saturated rings. The SMILES string of the molecule is C#Cc1cccc(C(O)N2CCCC[C@H]2c2cc3nc(N4CC[C@H](N)C4)c(C)cn3n2)c1. The summed E-state index contributed by atoms with van der Waals surface area (Å²) in [5, 5.41) is 16.1. The van der Waals surface area contributed by atoms with Crippen molar-refractivity contribution in [2.45, 2.75) is 50.9 Å². The monoisotopic (exact) mass is 430 g/mol. The van der Waals surface area contributed by atoms with E-state index in [2.05, 4.69) is 28.7 Å². The molecule has 0 saturated carbocycles. The summed E-state index contributed by atoms with van der Waals surface area (Å²) in [6.07, 6.45) is 11.0. The zero-order chi connectivity index (χ0) is 22.2. The van der Waals surface area contributed by atoms with E-state index < -0.39 is 6.23 Å². The molecule has 32 heavy (non-hydrogen) atoms. The summed E-state index contributed by atoms with van der Waals surface area (Å²) in [7, 11) is 0. The molecule has 0 spiro atoms. The van der Waals surface area contributed by atoms with Crippen LogP contribution >= 0.6 is 0 Å². The predicted molar refractivity (Wildman–Crippen MR) is 125 cm³/mol. The van der Waals surface area contributed by atoms with Gasteiger partial charge in [-0.3, -0.25) is 4.90 Å². The van der Waals surface area contributed by atoms with Crippen LogP contribution in [-0.2, 0) is 0 Å². The number of hydrogen-bond acceptors (Lipinski definition) is 6. The maximum absolute atomic E-state index is 11.2. The number of aromatic nitrogens is 3. The maximum atomic E-state index is 11.2. The highest BCUT2D eigenvalue weighted by Crippen LogP contribution is 2.36. The van der Waals surface area contributed by atoms with Crippen molar-refractivity contribution < 1.29 is 5.11 Å². The Morgan fingerprint density at radius 1 is 1.22 bits per heavy atom. The zero-order valence-electron chi connectivity index (χ0n) is 18.5. The van der Waals surface area contributed by atoms with Crippen LogP contribution < -0.4 is 10.6 Å². The van der Waals surface area contributed by atoms with Gasteiger partial charge in [0.15, 0.2) is 5.65 Å². The second-order valence-electron chi connectivity index (χ2n) is 9.01. The van der Waals surface area contributed by atoms with Gasteiger partial charge >= 0.3 is 0 Å². The molecule has 2 saturated heterocycles. The first kappa shape index (κ1) is 21.0. The summed E-state index contributed by atoms with van der Waals surface area (Å²) >= 11 is 0. The third-order valence-corrected chi connectivity index (χ3v) is 6.70. The van der Waals surface area contributed by atoms with Gasteiger partial charge in [0.2, 0.25) is 0 Å². The lowest BCUT2D eigenvalue weighted by atomic mass is 9.97. The van der Waals surface area contributed by atoms with E-state index in [1.54, 1.807) is 0 Å². The third-order valence-electron chi connectivity index (χ3n) is 6.70. The molecule has 3 atom stereocenters. The van der Waals surface area contributed by atoms with Gasteiger partial charge in [0.25, 0.3) is 0 Å². The topological polar surface area (TPSA) is 82.9 Å². The summed E-state index contributed by atoms with van der Waals surface area (Å²) in [6.45, 7) is 4.65. The van der Waals surface area contributed by atoms with Crippen molar-refractivity contribution in [3.05, 3.63) is 58.9 Å². The van der Waals surface area contributed by atoms with Gasteiger partial charge in [-0.25, -0.2) is 9.50 Å². The molecule has 3 N–H and O–H groups in total. The third kappa shape index (κ3) is 3.86. The highest BCUT2D eigenvalue weighted by Gasteiger charge is 2.32. The van der Waals surface area contributed by atoms with Gasteiger partial charge in [-0.15, -0.1) is 6.42 Å². The molecule has 2 aliphatic heterocycles. The van der Waals surface area contributed by atoms with E-state index in [0.29, 0.717) is 0 Å². The van der Waals surface area contributed by atoms with Gasteiger partial charge < -0.3 is 15.7 Å². The summed E-state index contributed by atoms with van der Waals surface area (Å²) in [5.74, 6) is 3.65. The van der Waals surface area contributed by atoms with Crippen LogP contribution in [0.15, 0.2) is 36.5 Å². The number of benzene rings is 1. The van der Waals surface area contributed by atoms with Crippen LogP contribution in [0.3, 0.4) is 0 Å². The van der Waals surface area contributed by atoms with Gasteiger partial charge in [0.1, 0.15) is 12.0 Å². The van der Waals surface area contributed by atoms with E-state index in [1.807, 2.05) is 35.0 Å². The first-order valence-corrected chi connectivity index (χ1v) is 11.4. The van der Waals surface area contributed by atoms with Crippen LogP contribution in [0, 0.1) is 19.3 Å². The van der Waals surface area contributed by atoms with Gasteiger partial charge in [-0.1, -0.05) is 24.5 Å². The molecule has 7 heteroatoms. The molecule has 166 valence electrons. The molecule has 0 bridgehead atoms. The number of anilines is 1. The first-order valence-electron chi connectivity index (χ1n) is 11.4. The first-order chi connectivity index (χ1) is 15.5. The number of rotatable bonds is 4. The van der Waals surface area contributed by atoms with E-state index in [4.69, 9.17) is 22.2 Å². The van der Waals surface area contributed by atoms with Crippen molar-refractivity contribution in [2.24, 2.45) is 5.73 Å². The number of nitrogens with zero attached hydrogens (tertiary/aromatic N) is 5. The molecule has 0 amide bonds. The Balaban J connectivity index is 1.46. The van der Waals surface area contributed by atoms with E-state index in [1.165, 1.54) is 0 Å². The van der Waals surface area contributed by atoms with Crippen LogP contribution in [0.1, 0.15) is 60.3 Å². The molecular formula is C25H30N6O. The minimum absolute atomic E-state index is 0.0268. The van der Waals surface area contributed by atoms with Crippen molar-refractivity contribution in [3.63, 3.8) is 0 Å². The van der Waals surface area contributed by atoms with E-state index in [0.717, 1.165) is 79.2 Å². The average Bonchev–Trinajstić information content (AvgIpc) is 3.43. The number of piperidine rings is 1. The number of nitrogens with two attached hydrogens (primary N) is 1. The van der Waals surface area contributed by atoms with Crippen LogP contribution in [0.25, 0.3) is 5.65 Å². The number of aliphatic hydroxyl groups is 1. The Bertz CT molecular complexity index is 1160. The van der Waals surface area contributed by atoms with Gasteiger partial charge in [0.05, 0.1) is 11.7 Å². The second-order valence-corrected chi connectivity index (χ2v) is 9.01. The van der Waals surface area contributed by atoms with Crippen molar-refractivity contribution in [2.75, 3.05) is 24.5 Å². The summed E-state index contributed by atoms with van der Waals surface area (Å²) < 4.78 is 1.86. The number of fused-ring (bicyclic) bond motifs is 1. The molecule has 2 aromatic heterocycles. The van der Waals surface area contributed by atoms with Crippen LogP contribution in [0.5, 0.6) is 0 Å². The number of aryl methyl sites for hydroxylation is 1. The van der Waals surface area contributed by atoms with Gasteiger partial charge in [-0.2, -0.15) is 5.10 Å². The normalized spacial score (nSPS) is 22.9. The fourth-order valence-electron chi connectivity index (χ4n) is 5.03. The highest BCUT2D eigenvalue weighted by atomic mass is 16.3. The molecular weight excluding hydrogens is 400 g/mol. The predicted octanol–water partition coefficient (Wildman–Crippen LogP) is 2.77. The van der Waals surface area contributed by atoms with Gasteiger partial charge in [0, 0.05) is 49.1 Å². The van der Waals surface area contributed by atoms with Crippen LogP contribution in [0.2, 0.25) is 0 Å².